The highest BCUT2D eigenvalue weighted by Gasteiger charge is 2.28. The molecule has 0 bridgehead atoms. The number of para-hydroxylation sites is 1. The Morgan fingerprint density at radius 3 is 2.43 bits per heavy atom. The fourth-order valence-electron chi connectivity index (χ4n) is 3.86. The van der Waals surface area contributed by atoms with Crippen molar-refractivity contribution in [3.8, 4) is 11.3 Å². The average molecular weight is 557 g/mol. The van der Waals surface area contributed by atoms with E-state index in [4.69, 9.17) is 28.2 Å². The summed E-state index contributed by atoms with van der Waals surface area (Å²) >= 11 is 12.7. The van der Waals surface area contributed by atoms with Gasteiger partial charge in [-0.15, -0.1) is 10.2 Å². The monoisotopic (exact) mass is 556 g/mol. The van der Waals surface area contributed by atoms with Gasteiger partial charge in [0, 0.05) is 44.0 Å². The largest absolute Gasteiger partial charge is 0.411 e. The van der Waals surface area contributed by atoms with Gasteiger partial charge in [-0.2, -0.15) is 18.2 Å². The highest BCUT2D eigenvalue weighted by Crippen LogP contribution is 2.36. The van der Waals surface area contributed by atoms with Crippen molar-refractivity contribution in [3.05, 3.63) is 58.6 Å². The van der Waals surface area contributed by atoms with E-state index < -0.39 is 18.9 Å². The van der Waals surface area contributed by atoms with E-state index in [1.165, 1.54) is 0 Å². The van der Waals surface area contributed by atoms with E-state index >= 15 is 0 Å². The van der Waals surface area contributed by atoms with Crippen LogP contribution in [0.3, 0.4) is 0 Å². The van der Waals surface area contributed by atoms with E-state index in [1.54, 1.807) is 18.2 Å². The molecule has 0 amide bonds. The summed E-state index contributed by atoms with van der Waals surface area (Å²) in [6.45, 7) is 0.649. The maximum Gasteiger partial charge on any atom is 0.411 e. The van der Waals surface area contributed by atoms with Gasteiger partial charge in [-0.25, -0.2) is 0 Å². The van der Waals surface area contributed by atoms with E-state index in [2.05, 4.69) is 20.3 Å². The first kappa shape index (κ1) is 27.3. The first-order valence-corrected chi connectivity index (χ1v) is 12.3. The third kappa shape index (κ3) is 7.65. The fraction of sp³-hybridized carbons (Fsp3) is 0.375. The smallest absolute Gasteiger partial charge is 0.389 e. The van der Waals surface area contributed by atoms with Crippen molar-refractivity contribution < 1.29 is 23.0 Å². The molecule has 8 nitrogen and oxygen atoms in total. The third-order valence-corrected chi connectivity index (χ3v) is 6.44. The lowest BCUT2D eigenvalue weighted by Gasteiger charge is -2.35. The minimum absolute atomic E-state index is 0.206. The van der Waals surface area contributed by atoms with Crippen molar-refractivity contribution in [3.63, 3.8) is 0 Å². The topological polar surface area (TPSA) is 86.6 Å². The molecule has 1 aliphatic heterocycles. The Hall–Kier alpha value is -2.70. The van der Waals surface area contributed by atoms with Crippen molar-refractivity contribution in [1.29, 1.82) is 0 Å². The number of hydrogen-bond donors (Lipinski definition) is 2. The molecule has 1 aromatic heterocycles. The van der Waals surface area contributed by atoms with Crippen molar-refractivity contribution >= 4 is 40.7 Å². The second-order valence-corrected chi connectivity index (χ2v) is 9.26. The number of nitrogens with zero attached hydrogens (tertiary/aromatic N) is 5. The third-order valence-electron chi connectivity index (χ3n) is 5.62. The van der Waals surface area contributed by atoms with Gasteiger partial charge in [0.05, 0.1) is 22.8 Å². The van der Waals surface area contributed by atoms with Crippen molar-refractivity contribution in [1.82, 2.24) is 20.1 Å². The molecule has 1 atom stereocenters. The lowest BCUT2D eigenvalue weighted by Crippen LogP contribution is -2.49. The lowest BCUT2D eigenvalue weighted by atomic mass is 10.1. The highest BCUT2D eigenvalue weighted by molar-refractivity contribution is 6.43. The summed E-state index contributed by atoms with van der Waals surface area (Å²) in [7, 11) is 0. The van der Waals surface area contributed by atoms with Gasteiger partial charge >= 0.3 is 6.18 Å². The number of aromatic nitrogens is 3. The maximum absolute atomic E-state index is 12.2. The van der Waals surface area contributed by atoms with E-state index in [0.717, 1.165) is 5.69 Å². The van der Waals surface area contributed by atoms with Crippen LogP contribution in [0.5, 0.6) is 0 Å². The summed E-state index contributed by atoms with van der Waals surface area (Å²) < 4.78 is 41.2. The Morgan fingerprint density at radius 2 is 1.73 bits per heavy atom. The van der Waals surface area contributed by atoms with Gasteiger partial charge in [-0.05, 0) is 18.2 Å². The van der Waals surface area contributed by atoms with Crippen LogP contribution in [0.1, 0.15) is 0 Å². The Bertz CT molecular complexity index is 1180. The predicted molar refractivity (Wildman–Crippen MR) is 137 cm³/mol. The second-order valence-electron chi connectivity index (χ2n) is 8.47. The van der Waals surface area contributed by atoms with Crippen LogP contribution in [0.2, 0.25) is 10.0 Å². The Kier molecular flexibility index (Phi) is 9.04. The first-order valence-electron chi connectivity index (χ1n) is 11.5. The van der Waals surface area contributed by atoms with E-state index in [0.29, 0.717) is 59.2 Å². The van der Waals surface area contributed by atoms with Gasteiger partial charge < -0.3 is 20.1 Å². The van der Waals surface area contributed by atoms with Crippen LogP contribution in [-0.2, 0) is 4.74 Å². The maximum atomic E-state index is 12.2. The van der Waals surface area contributed by atoms with Crippen LogP contribution in [0.4, 0.5) is 30.6 Å². The predicted octanol–water partition coefficient (Wildman–Crippen LogP) is 4.65. The SMILES string of the molecule is O[C@@H](COCC(F)(F)F)CN1CCN(c2nnc(-c3cccc(Cl)c3Cl)c(Nc3ccccc3)n2)CC1. The summed E-state index contributed by atoms with van der Waals surface area (Å²) in [6.07, 6.45) is -5.43. The summed E-state index contributed by atoms with van der Waals surface area (Å²) in [5.74, 6) is 0.870. The number of benzene rings is 2. The van der Waals surface area contributed by atoms with Crippen LogP contribution in [0, 0.1) is 0 Å². The minimum Gasteiger partial charge on any atom is -0.389 e. The number of β-amino-alcohol motifs (C(OH)–C–C–N with tert-alkyl or cyclic N) is 1. The fourth-order valence-corrected chi connectivity index (χ4v) is 4.25. The molecule has 0 unspecified atom stereocenters. The Balaban J connectivity index is 1.45. The molecule has 2 heterocycles. The minimum atomic E-state index is -4.42. The number of hydrogen-bond acceptors (Lipinski definition) is 8. The van der Waals surface area contributed by atoms with Gasteiger partial charge in [-0.1, -0.05) is 53.5 Å². The second kappa shape index (κ2) is 12.2. The van der Waals surface area contributed by atoms with Crippen LogP contribution < -0.4 is 10.2 Å². The number of halogens is 5. The average Bonchev–Trinajstić information content (AvgIpc) is 2.86. The molecular weight excluding hydrogens is 532 g/mol. The molecule has 198 valence electrons. The molecule has 13 heteroatoms. The van der Waals surface area contributed by atoms with Gasteiger partial charge in [0.15, 0.2) is 5.82 Å². The molecule has 1 saturated heterocycles. The van der Waals surface area contributed by atoms with E-state index in [-0.39, 0.29) is 13.2 Å². The van der Waals surface area contributed by atoms with Crippen LogP contribution in [0.15, 0.2) is 48.5 Å². The molecule has 2 aromatic carbocycles. The lowest BCUT2D eigenvalue weighted by molar-refractivity contribution is -0.179. The molecule has 2 N–H and O–H groups in total. The molecule has 4 rings (SSSR count). The number of aliphatic hydroxyl groups is 1. The van der Waals surface area contributed by atoms with Crippen molar-refractivity contribution in [2.45, 2.75) is 12.3 Å². The molecule has 1 fully saturated rings. The van der Waals surface area contributed by atoms with Gasteiger partial charge in [0.1, 0.15) is 12.3 Å². The number of alkyl halides is 3. The number of nitrogens with one attached hydrogen (secondary N) is 1. The standard InChI is InChI=1S/C24H25Cl2F3N6O2/c25-19-8-4-7-18(20(19)26)21-22(30-16-5-2-1-3-6-16)31-23(33-32-21)35-11-9-34(10-12-35)13-17(36)14-37-15-24(27,28)29/h1-8,17,36H,9-15H2,(H,30,31,33)/t17-/m1/s1. The molecule has 0 aliphatic carbocycles. The molecule has 0 radical (unpaired) electrons. The van der Waals surface area contributed by atoms with Gasteiger partial charge in [0.2, 0.25) is 5.95 Å². The Labute approximate surface area is 222 Å². The van der Waals surface area contributed by atoms with Gasteiger partial charge in [-0.3, -0.25) is 4.90 Å². The van der Waals surface area contributed by atoms with Crippen LogP contribution >= 0.6 is 23.2 Å². The van der Waals surface area contributed by atoms with Crippen LogP contribution in [0.25, 0.3) is 11.3 Å². The summed E-state index contributed by atoms with van der Waals surface area (Å²) in [5.41, 5.74) is 1.84. The van der Waals surface area contributed by atoms with Crippen molar-refractivity contribution in [2.75, 3.05) is 56.2 Å². The molecule has 3 aromatic rings. The molecular formula is C24H25Cl2F3N6O2. The summed E-state index contributed by atoms with van der Waals surface area (Å²) in [4.78, 5) is 8.64. The molecule has 0 spiro atoms. The summed E-state index contributed by atoms with van der Waals surface area (Å²) in [5, 5.41) is 22.8. The zero-order valence-corrected chi connectivity index (χ0v) is 21.1. The van der Waals surface area contributed by atoms with E-state index in [1.807, 2.05) is 40.1 Å². The first-order chi connectivity index (χ1) is 17.7. The highest BCUT2D eigenvalue weighted by atomic mass is 35.5. The number of piperazine rings is 1. The molecule has 0 saturated carbocycles. The number of rotatable bonds is 9. The zero-order chi connectivity index (χ0) is 26.4. The van der Waals surface area contributed by atoms with E-state index in [9.17, 15) is 18.3 Å². The summed E-state index contributed by atoms with van der Waals surface area (Å²) in [6, 6.07) is 14.7. The van der Waals surface area contributed by atoms with Gasteiger partial charge in [0.25, 0.3) is 0 Å². The number of ether oxygens (including phenoxy) is 1. The normalized spacial score (nSPS) is 15.6. The zero-order valence-electron chi connectivity index (χ0n) is 19.6. The number of aliphatic hydroxyl groups excluding tert-OH is 1. The number of anilines is 3. The Morgan fingerprint density at radius 1 is 1.00 bits per heavy atom. The van der Waals surface area contributed by atoms with Crippen LogP contribution in [-0.4, -0.2) is 83.4 Å². The van der Waals surface area contributed by atoms with Crippen molar-refractivity contribution in [2.24, 2.45) is 0 Å². The molecule has 1 aliphatic rings. The quantitative estimate of drug-likeness (QED) is 0.394. The molecule has 37 heavy (non-hydrogen) atoms.